The Morgan fingerprint density at radius 3 is 2.39 bits per heavy atom. The van der Waals surface area contributed by atoms with Crippen molar-refractivity contribution in [1.82, 2.24) is 9.80 Å². The van der Waals surface area contributed by atoms with Crippen molar-refractivity contribution in [2.24, 2.45) is 0 Å². The zero-order valence-electron chi connectivity index (χ0n) is 16.7. The molecule has 5 nitrogen and oxygen atoms in total. The lowest BCUT2D eigenvalue weighted by Gasteiger charge is -2.35. The van der Waals surface area contributed by atoms with E-state index in [1.54, 1.807) is 0 Å². The highest BCUT2D eigenvalue weighted by molar-refractivity contribution is 9.10. The van der Waals surface area contributed by atoms with Crippen LogP contribution in [0.25, 0.3) is 0 Å². The standard InChI is InChI=1S/C22H29BrN4O/c1-3-26-12-14-27(15-13-26)20-10-8-19(9-11-20)24-22(28)17-25(2)16-18-6-4-5-7-21(18)23/h4-11H,3,12-17H2,1-2H3,(H,24,28). The molecule has 0 spiro atoms. The number of carbonyl (C=O) groups is 1. The topological polar surface area (TPSA) is 38.8 Å². The number of amides is 1. The molecule has 3 rings (SSSR count). The highest BCUT2D eigenvalue weighted by Crippen LogP contribution is 2.20. The molecule has 1 aliphatic heterocycles. The Balaban J connectivity index is 1.48. The van der Waals surface area contributed by atoms with Crippen molar-refractivity contribution in [2.45, 2.75) is 13.5 Å². The van der Waals surface area contributed by atoms with Crippen LogP contribution >= 0.6 is 15.9 Å². The van der Waals surface area contributed by atoms with Gasteiger partial charge in [-0.25, -0.2) is 0 Å². The minimum Gasteiger partial charge on any atom is -0.369 e. The summed E-state index contributed by atoms with van der Waals surface area (Å²) in [6.07, 6.45) is 0. The Morgan fingerprint density at radius 2 is 1.75 bits per heavy atom. The average molecular weight is 445 g/mol. The summed E-state index contributed by atoms with van der Waals surface area (Å²) in [4.78, 5) is 19.3. The van der Waals surface area contributed by atoms with Gasteiger partial charge in [-0.15, -0.1) is 0 Å². The largest absolute Gasteiger partial charge is 0.369 e. The smallest absolute Gasteiger partial charge is 0.238 e. The predicted molar refractivity (Wildman–Crippen MR) is 120 cm³/mol. The lowest BCUT2D eigenvalue weighted by Crippen LogP contribution is -2.46. The van der Waals surface area contributed by atoms with Crippen LogP contribution in [-0.4, -0.2) is 62.0 Å². The van der Waals surface area contributed by atoms with Gasteiger partial charge in [0.1, 0.15) is 0 Å². The first kappa shape index (κ1) is 20.8. The van der Waals surface area contributed by atoms with Gasteiger partial charge in [-0.1, -0.05) is 41.1 Å². The lowest BCUT2D eigenvalue weighted by molar-refractivity contribution is -0.117. The molecule has 0 atom stereocenters. The highest BCUT2D eigenvalue weighted by Gasteiger charge is 2.16. The van der Waals surface area contributed by atoms with Gasteiger partial charge in [0.2, 0.25) is 5.91 Å². The third-order valence-electron chi connectivity index (χ3n) is 5.15. The van der Waals surface area contributed by atoms with E-state index in [1.165, 1.54) is 11.3 Å². The van der Waals surface area contributed by atoms with Crippen molar-refractivity contribution in [3.8, 4) is 0 Å². The fourth-order valence-electron chi connectivity index (χ4n) is 3.50. The van der Waals surface area contributed by atoms with Gasteiger partial charge in [-0.2, -0.15) is 0 Å². The summed E-state index contributed by atoms with van der Waals surface area (Å²) in [5.41, 5.74) is 3.24. The maximum absolute atomic E-state index is 12.4. The summed E-state index contributed by atoms with van der Waals surface area (Å²) in [6, 6.07) is 16.3. The molecule has 0 saturated carbocycles. The van der Waals surface area contributed by atoms with Crippen LogP contribution in [0, 0.1) is 0 Å². The summed E-state index contributed by atoms with van der Waals surface area (Å²) in [6.45, 7) is 8.73. The van der Waals surface area contributed by atoms with Gasteiger partial charge in [0.05, 0.1) is 6.54 Å². The summed E-state index contributed by atoms with van der Waals surface area (Å²) >= 11 is 3.56. The Bertz CT molecular complexity index is 772. The number of nitrogens with one attached hydrogen (secondary N) is 1. The first-order valence-electron chi connectivity index (χ1n) is 9.84. The molecule has 6 heteroatoms. The minimum atomic E-state index is -0.00105. The van der Waals surface area contributed by atoms with Crippen molar-refractivity contribution in [2.75, 3.05) is 56.5 Å². The molecule has 1 heterocycles. The van der Waals surface area contributed by atoms with Gasteiger partial charge in [0, 0.05) is 48.6 Å². The maximum Gasteiger partial charge on any atom is 0.238 e. The van der Waals surface area contributed by atoms with Gasteiger partial charge in [-0.3, -0.25) is 9.69 Å². The van der Waals surface area contributed by atoms with Crippen LogP contribution in [0.4, 0.5) is 11.4 Å². The van der Waals surface area contributed by atoms with E-state index in [0.29, 0.717) is 6.54 Å². The predicted octanol–water partition coefficient (Wildman–Crippen LogP) is 3.66. The number of anilines is 2. The maximum atomic E-state index is 12.4. The molecular formula is C22H29BrN4O. The number of piperazine rings is 1. The van der Waals surface area contributed by atoms with Crippen LogP contribution in [0.15, 0.2) is 53.0 Å². The van der Waals surface area contributed by atoms with Crippen molar-refractivity contribution >= 4 is 33.2 Å². The Hall–Kier alpha value is -1.89. The minimum absolute atomic E-state index is 0.00105. The van der Waals surface area contributed by atoms with Crippen molar-refractivity contribution in [3.05, 3.63) is 58.6 Å². The van der Waals surface area contributed by atoms with E-state index < -0.39 is 0 Å². The quantitative estimate of drug-likeness (QED) is 0.706. The zero-order valence-corrected chi connectivity index (χ0v) is 18.3. The molecule has 2 aromatic carbocycles. The van der Waals surface area contributed by atoms with Crippen LogP contribution in [0.1, 0.15) is 12.5 Å². The third kappa shape index (κ3) is 5.80. The first-order valence-corrected chi connectivity index (χ1v) is 10.6. The van der Waals surface area contributed by atoms with Crippen LogP contribution in [-0.2, 0) is 11.3 Å². The van der Waals surface area contributed by atoms with E-state index >= 15 is 0 Å². The second-order valence-electron chi connectivity index (χ2n) is 7.28. The number of likely N-dealkylation sites (N-methyl/N-ethyl adjacent to an activating group) is 2. The molecule has 0 aliphatic carbocycles. The summed E-state index contributed by atoms with van der Waals surface area (Å²) < 4.78 is 1.07. The third-order valence-corrected chi connectivity index (χ3v) is 5.92. The molecule has 28 heavy (non-hydrogen) atoms. The number of hydrogen-bond acceptors (Lipinski definition) is 4. The van der Waals surface area contributed by atoms with Gasteiger partial charge in [0.15, 0.2) is 0 Å². The Labute approximate surface area is 176 Å². The van der Waals surface area contributed by atoms with E-state index in [2.05, 4.69) is 56.2 Å². The molecule has 2 aromatic rings. The molecule has 0 aromatic heterocycles. The van der Waals surface area contributed by atoms with Crippen LogP contribution in [0.2, 0.25) is 0 Å². The number of nitrogens with zero attached hydrogens (tertiary/aromatic N) is 3. The van der Waals surface area contributed by atoms with Crippen molar-refractivity contribution in [3.63, 3.8) is 0 Å². The summed E-state index contributed by atoms with van der Waals surface area (Å²) in [5.74, 6) is -0.00105. The molecule has 1 N–H and O–H groups in total. The van der Waals surface area contributed by atoms with E-state index in [4.69, 9.17) is 0 Å². The molecule has 0 radical (unpaired) electrons. The molecule has 150 valence electrons. The summed E-state index contributed by atoms with van der Waals surface area (Å²) in [5, 5.41) is 3.00. The van der Waals surface area contributed by atoms with Crippen molar-refractivity contribution in [1.29, 1.82) is 0 Å². The second-order valence-corrected chi connectivity index (χ2v) is 8.13. The lowest BCUT2D eigenvalue weighted by atomic mass is 10.2. The number of halogens is 1. The Morgan fingerprint density at radius 1 is 1.07 bits per heavy atom. The van der Waals surface area contributed by atoms with Gasteiger partial charge in [-0.05, 0) is 49.5 Å². The first-order chi connectivity index (χ1) is 13.5. The average Bonchev–Trinajstić information content (AvgIpc) is 2.70. The van der Waals surface area contributed by atoms with Crippen LogP contribution in [0.5, 0.6) is 0 Å². The molecule has 1 aliphatic rings. The van der Waals surface area contributed by atoms with Gasteiger partial charge < -0.3 is 15.1 Å². The van der Waals surface area contributed by atoms with Gasteiger partial charge in [0.25, 0.3) is 0 Å². The molecule has 0 unspecified atom stereocenters. The Kier molecular flexibility index (Phi) is 7.48. The summed E-state index contributed by atoms with van der Waals surface area (Å²) in [7, 11) is 1.96. The van der Waals surface area contributed by atoms with Gasteiger partial charge >= 0.3 is 0 Å². The molecule has 0 bridgehead atoms. The molecular weight excluding hydrogens is 416 g/mol. The number of carbonyl (C=O) groups excluding carboxylic acids is 1. The molecule has 1 fully saturated rings. The molecule has 1 amide bonds. The van der Waals surface area contributed by atoms with Crippen LogP contribution in [0.3, 0.4) is 0 Å². The van der Waals surface area contributed by atoms with Crippen molar-refractivity contribution < 1.29 is 4.79 Å². The van der Waals surface area contributed by atoms with E-state index in [-0.39, 0.29) is 5.91 Å². The van der Waals surface area contributed by atoms with Crippen LogP contribution < -0.4 is 10.2 Å². The van der Waals surface area contributed by atoms with E-state index in [0.717, 1.165) is 49.4 Å². The number of benzene rings is 2. The second kappa shape index (κ2) is 10.0. The SMILES string of the molecule is CCN1CCN(c2ccc(NC(=O)CN(C)Cc3ccccc3Br)cc2)CC1. The fraction of sp³-hybridized carbons (Fsp3) is 0.409. The number of hydrogen-bond donors (Lipinski definition) is 1. The zero-order chi connectivity index (χ0) is 19.9. The monoisotopic (exact) mass is 444 g/mol. The molecule has 1 saturated heterocycles. The normalized spacial score (nSPS) is 15.1. The van der Waals surface area contributed by atoms with E-state index in [1.807, 2.05) is 42.3 Å². The van der Waals surface area contributed by atoms with E-state index in [9.17, 15) is 4.79 Å². The fourth-order valence-corrected chi connectivity index (χ4v) is 3.91. The highest BCUT2D eigenvalue weighted by atomic mass is 79.9. The number of rotatable bonds is 7.